The van der Waals surface area contributed by atoms with Gasteiger partial charge in [0.25, 0.3) is 5.91 Å². The number of nitrogens with zero attached hydrogens (tertiary/aromatic N) is 3. The van der Waals surface area contributed by atoms with Gasteiger partial charge in [-0.25, -0.2) is 4.98 Å². The van der Waals surface area contributed by atoms with Crippen LogP contribution in [0, 0.1) is 17.8 Å². The van der Waals surface area contributed by atoms with Gasteiger partial charge in [-0.05, 0) is 77.4 Å². The minimum Gasteiger partial charge on any atom is -0.460 e. The minimum atomic E-state index is -0.827. The number of amides is 3. The summed E-state index contributed by atoms with van der Waals surface area (Å²) in [6, 6.07) is 7.96. The molecule has 1 fully saturated rings. The van der Waals surface area contributed by atoms with Crippen LogP contribution in [-0.2, 0) is 35.1 Å². The van der Waals surface area contributed by atoms with Crippen molar-refractivity contribution in [3.8, 4) is 0 Å². The van der Waals surface area contributed by atoms with E-state index in [0.717, 1.165) is 31.4 Å². The van der Waals surface area contributed by atoms with E-state index >= 15 is 0 Å². The van der Waals surface area contributed by atoms with Gasteiger partial charge in [-0.15, -0.1) is 11.3 Å². The van der Waals surface area contributed by atoms with Crippen LogP contribution >= 0.6 is 11.3 Å². The molecular weight excluding hydrogens is 719 g/mol. The third-order valence-electron chi connectivity index (χ3n) is 10.4. The highest BCUT2D eigenvalue weighted by atomic mass is 32.1. The monoisotopic (exact) mass is 783 g/mol. The van der Waals surface area contributed by atoms with Crippen molar-refractivity contribution in [2.45, 2.75) is 143 Å². The molecule has 3 amide bonds. The molecule has 2 heterocycles. The number of nitrogens with one attached hydrogen (secondary N) is 2. The number of esters is 2. The van der Waals surface area contributed by atoms with Gasteiger partial charge in [-0.1, -0.05) is 77.8 Å². The fourth-order valence-corrected chi connectivity index (χ4v) is 7.87. The van der Waals surface area contributed by atoms with Crippen molar-refractivity contribution in [3.05, 3.63) is 52.0 Å². The van der Waals surface area contributed by atoms with Crippen LogP contribution in [0.1, 0.15) is 128 Å². The summed E-state index contributed by atoms with van der Waals surface area (Å²) in [6.45, 7) is 17.4. The molecule has 0 bridgehead atoms. The van der Waals surface area contributed by atoms with Crippen LogP contribution in [0.5, 0.6) is 0 Å². The summed E-state index contributed by atoms with van der Waals surface area (Å²) < 4.78 is 11.4. The maximum Gasteiger partial charge on any atom is 0.309 e. The number of benzene rings is 1. The smallest absolute Gasteiger partial charge is 0.309 e. The Morgan fingerprint density at radius 3 is 2.27 bits per heavy atom. The van der Waals surface area contributed by atoms with Crippen molar-refractivity contribution in [2.75, 3.05) is 20.6 Å². The van der Waals surface area contributed by atoms with Gasteiger partial charge in [0, 0.05) is 37.9 Å². The Balaban J connectivity index is 1.82. The SMILES string of the molecule is CC[C@H](C)[C@H](NC(=O)[C@H]1CCCCN1C)C(=O)N(C)[C@H](C[C@@H](OC(C)=O)c1nc(C(=O)NC(Cc2ccccc2)CC(C)C(=O)OC(C)(C)C)cs1)C(C)C. The molecule has 1 saturated heterocycles. The summed E-state index contributed by atoms with van der Waals surface area (Å²) in [5, 5.41) is 8.25. The van der Waals surface area contributed by atoms with E-state index in [4.69, 9.17) is 9.47 Å². The van der Waals surface area contributed by atoms with Crippen LogP contribution in [-0.4, -0.2) is 94.9 Å². The number of ether oxygens (including phenoxy) is 2. The highest BCUT2D eigenvalue weighted by Gasteiger charge is 2.37. The third kappa shape index (κ3) is 14.0. The Labute approximate surface area is 332 Å². The van der Waals surface area contributed by atoms with Crippen LogP contribution in [0.15, 0.2) is 35.7 Å². The maximum atomic E-state index is 14.2. The molecule has 2 N–H and O–H groups in total. The number of hydrogen-bond acceptors (Lipinski definition) is 10. The molecular formula is C42H65N5O7S. The summed E-state index contributed by atoms with van der Waals surface area (Å²) in [5.41, 5.74) is 0.540. The van der Waals surface area contributed by atoms with Gasteiger partial charge in [0.1, 0.15) is 22.3 Å². The summed E-state index contributed by atoms with van der Waals surface area (Å²) in [4.78, 5) is 75.1. The van der Waals surface area contributed by atoms with Crippen molar-refractivity contribution in [1.82, 2.24) is 25.4 Å². The Morgan fingerprint density at radius 1 is 1.02 bits per heavy atom. The molecule has 0 aliphatic carbocycles. The average molecular weight is 784 g/mol. The average Bonchev–Trinajstić information content (AvgIpc) is 3.61. The number of aromatic nitrogens is 1. The fraction of sp³-hybridized carbons (Fsp3) is 0.667. The van der Waals surface area contributed by atoms with Crippen LogP contribution in [0.3, 0.4) is 0 Å². The second-order valence-corrected chi connectivity index (χ2v) is 17.4. The van der Waals surface area contributed by atoms with Crippen molar-refractivity contribution < 1.29 is 33.4 Å². The van der Waals surface area contributed by atoms with Gasteiger partial charge >= 0.3 is 11.9 Å². The normalized spacial score (nSPS) is 18.3. The van der Waals surface area contributed by atoms with Gasteiger partial charge in [0.2, 0.25) is 11.8 Å². The Kier molecular flexibility index (Phi) is 17.3. The highest BCUT2D eigenvalue weighted by Crippen LogP contribution is 2.31. The molecule has 0 saturated carbocycles. The summed E-state index contributed by atoms with van der Waals surface area (Å²) in [6.07, 6.45) is 3.74. The van der Waals surface area contributed by atoms with E-state index in [0.29, 0.717) is 24.3 Å². The molecule has 13 heteroatoms. The number of carbonyl (C=O) groups is 5. The number of carbonyl (C=O) groups excluding carboxylic acids is 5. The molecule has 306 valence electrons. The second-order valence-electron chi connectivity index (χ2n) is 16.6. The first-order valence-corrected chi connectivity index (χ1v) is 20.7. The Hall–Kier alpha value is -3.84. The minimum absolute atomic E-state index is 0.0433. The number of likely N-dealkylation sites (tertiary alicyclic amines) is 1. The van der Waals surface area contributed by atoms with Gasteiger partial charge in [-0.3, -0.25) is 28.9 Å². The lowest BCUT2D eigenvalue weighted by Gasteiger charge is -2.38. The standard InChI is InChI=1S/C42H65N5O7S/c1-12-27(4)36(45-38(50)33-20-16-17-21-46(33)10)40(51)47(11)34(26(2)3)24-35(53-29(6)48)39-44-32(25-55-39)37(49)43-31(23-30-18-14-13-15-19-30)22-28(5)41(52)54-42(7,8)9/h13-15,18-19,25-28,31,33-36H,12,16-17,20-24H2,1-11H3,(H,43,49)(H,45,50)/t27-,28?,31?,33+,34+,35+,36-/m0/s1. The van der Waals surface area contributed by atoms with Crippen molar-refractivity contribution in [3.63, 3.8) is 0 Å². The first-order chi connectivity index (χ1) is 25.8. The van der Waals surface area contributed by atoms with Crippen LogP contribution in [0.4, 0.5) is 0 Å². The van der Waals surface area contributed by atoms with Gasteiger partial charge in [-0.2, -0.15) is 0 Å². The maximum absolute atomic E-state index is 14.2. The third-order valence-corrected chi connectivity index (χ3v) is 11.3. The lowest BCUT2D eigenvalue weighted by atomic mass is 9.92. The summed E-state index contributed by atoms with van der Waals surface area (Å²) in [5.74, 6) is -2.22. The van der Waals surface area contributed by atoms with E-state index in [1.807, 2.05) is 85.8 Å². The molecule has 0 radical (unpaired) electrons. The van der Waals surface area contributed by atoms with E-state index < -0.39 is 41.6 Å². The predicted molar refractivity (Wildman–Crippen MR) is 215 cm³/mol. The molecule has 1 aliphatic heterocycles. The van der Waals surface area contributed by atoms with Crippen molar-refractivity contribution in [2.24, 2.45) is 17.8 Å². The molecule has 7 atom stereocenters. The number of likely N-dealkylation sites (N-methyl/N-ethyl adjacent to an activating group) is 2. The molecule has 55 heavy (non-hydrogen) atoms. The quantitative estimate of drug-likeness (QED) is 0.165. The van der Waals surface area contributed by atoms with Gasteiger partial charge < -0.3 is 25.0 Å². The van der Waals surface area contributed by atoms with Crippen LogP contribution < -0.4 is 10.6 Å². The zero-order valence-corrected chi connectivity index (χ0v) is 35.7. The largest absolute Gasteiger partial charge is 0.460 e. The Bertz CT molecular complexity index is 1580. The molecule has 3 rings (SSSR count). The van der Waals surface area contributed by atoms with Crippen LogP contribution in [0.25, 0.3) is 0 Å². The van der Waals surface area contributed by atoms with E-state index in [1.54, 1.807) is 24.3 Å². The Morgan fingerprint density at radius 2 is 1.69 bits per heavy atom. The lowest BCUT2D eigenvalue weighted by Crippen LogP contribution is -2.58. The number of piperidine rings is 1. The molecule has 0 spiro atoms. The second kappa shape index (κ2) is 20.9. The molecule has 2 unspecified atom stereocenters. The molecule has 1 aromatic carbocycles. The van der Waals surface area contributed by atoms with Gasteiger partial charge in [0.05, 0.1) is 12.0 Å². The van der Waals surface area contributed by atoms with Crippen molar-refractivity contribution >= 4 is 41.0 Å². The fourth-order valence-electron chi connectivity index (χ4n) is 7.03. The predicted octanol–water partition coefficient (Wildman–Crippen LogP) is 6.34. The van der Waals surface area contributed by atoms with Gasteiger partial charge in [0.15, 0.2) is 6.10 Å². The number of hydrogen-bond donors (Lipinski definition) is 2. The molecule has 1 aromatic heterocycles. The molecule has 12 nitrogen and oxygen atoms in total. The van der Waals surface area contributed by atoms with E-state index in [1.165, 1.54) is 18.3 Å². The highest BCUT2D eigenvalue weighted by molar-refractivity contribution is 7.09. The molecule has 2 aromatic rings. The summed E-state index contributed by atoms with van der Waals surface area (Å²) >= 11 is 1.21. The summed E-state index contributed by atoms with van der Waals surface area (Å²) in [7, 11) is 3.68. The lowest BCUT2D eigenvalue weighted by molar-refractivity contribution is -0.159. The van der Waals surface area contributed by atoms with E-state index in [9.17, 15) is 24.0 Å². The molecule has 1 aliphatic rings. The first-order valence-electron chi connectivity index (χ1n) is 19.8. The topological polar surface area (TPSA) is 147 Å². The van der Waals surface area contributed by atoms with E-state index in [-0.39, 0.29) is 53.8 Å². The number of thiazole rings is 1. The zero-order chi connectivity index (χ0) is 41.0. The first kappa shape index (κ1) is 45.5. The number of rotatable bonds is 18. The van der Waals surface area contributed by atoms with Crippen molar-refractivity contribution in [1.29, 1.82) is 0 Å². The van der Waals surface area contributed by atoms with E-state index in [2.05, 4.69) is 20.5 Å². The zero-order valence-electron chi connectivity index (χ0n) is 34.8. The van der Waals surface area contributed by atoms with Crippen LogP contribution in [0.2, 0.25) is 0 Å².